The van der Waals surface area contributed by atoms with Crippen LogP contribution >= 0.6 is 0 Å². The maximum absolute atomic E-state index is 6.94. The number of nitrogens with zero attached hydrogens (tertiary/aromatic N) is 5. The predicted molar refractivity (Wildman–Crippen MR) is 365 cm³/mol. The molecule has 0 saturated carbocycles. The summed E-state index contributed by atoms with van der Waals surface area (Å²) in [5.41, 5.74) is 21.6. The molecule has 12 aromatic carbocycles. The Hall–Kier alpha value is -10.5. The van der Waals surface area contributed by atoms with Gasteiger partial charge in [0, 0.05) is 88.9 Å². The van der Waals surface area contributed by atoms with Crippen LogP contribution < -0.4 is 14.5 Å². The Labute approximate surface area is 538 Å². The fourth-order valence-electron chi connectivity index (χ4n) is 14.3. The molecule has 0 fully saturated rings. The third-order valence-corrected chi connectivity index (χ3v) is 18.3. The number of aromatic nitrogens is 3. The molecule has 0 amide bonds. The summed E-state index contributed by atoms with van der Waals surface area (Å²) in [6.45, 7) is 8.96. The first kappa shape index (κ1) is 54.8. The van der Waals surface area contributed by atoms with Crippen molar-refractivity contribution in [2.24, 2.45) is 0 Å². The van der Waals surface area contributed by atoms with Gasteiger partial charge in [-0.3, -0.25) is 0 Å². The largest absolute Gasteiger partial charge is 0.509 e. The summed E-state index contributed by atoms with van der Waals surface area (Å²) in [7, 11) is 0. The average molecular weight is 1340 g/mol. The molecule has 1 aliphatic heterocycles. The second-order valence-electron chi connectivity index (χ2n) is 24.3. The molecule has 0 saturated heterocycles. The Balaban J connectivity index is 0.00000649. The molecule has 434 valence electrons. The molecule has 3 aromatic heterocycles. The SMILES string of the molecule is CC(C)(C)c1ccnc(-n2c3[c-]c(Oc4[c-]c(N5[CH-]N(c6c(-c7ccccc7)cc(C7(c8ccccc8)c8ccccc8-c8ccccc87)cc6-c6ccccc6)c6ccccc65)ccc4)ccc3c3ccc(-n4c5ccccc5c5ccccc54)cc32)c1.[Pt]. The number of anilines is 4. The van der Waals surface area contributed by atoms with Gasteiger partial charge in [-0.15, -0.1) is 48.1 Å². The number of benzene rings is 12. The molecule has 6 nitrogen and oxygen atoms in total. The number of fused-ring (bicyclic) bond motifs is 10. The Morgan fingerprint density at radius 1 is 0.422 bits per heavy atom. The number of hydrogen-bond donors (Lipinski definition) is 0. The van der Waals surface area contributed by atoms with E-state index in [1.807, 2.05) is 24.4 Å². The Morgan fingerprint density at radius 2 is 0.967 bits per heavy atom. The van der Waals surface area contributed by atoms with Crippen LogP contribution in [0.25, 0.3) is 88.5 Å². The van der Waals surface area contributed by atoms with E-state index < -0.39 is 5.41 Å². The van der Waals surface area contributed by atoms with Crippen molar-refractivity contribution in [3.63, 3.8) is 0 Å². The molecule has 0 radical (unpaired) electrons. The number of rotatable bonds is 10. The van der Waals surface area contributed by atoms with E-state index in [0.717, 1.165) is 89.3 Å². The van der Waals surface area contributed by atoms with E-state index in [1.165, 1.54) is 49.7 Å². The van der Waals surface area contributed by atoms with Gasteiger partial charge < -0.3 is 23.7 Å². The van der Waals surface area contributed by atoms with Crippen molar-refractivity contribution >= 4 is 66.4 Å². The van der Waals surface area contributed by atoms with Crippen LogP contribution in [0.1, 0.15) is 48.6 Å². The van der Waals surface area contributed by atoms with E-state index in [1.54, 1.807) is 0 Å². The van der Waals surface area contributed by atoms with Gasteiger partial charge in [0.25, 0.3) is 0 Å². The molecule has 0 atom stereocenters. The van der Waals surface area contributed by atoms with Crippen LogP contribution in [0.2, 0.25) is 0 Å². The van der Waals surface area contributed by atoms with Crippen LogP contribution in [-0.2, 0) is 31.9 Å². The van der Waals surface area contributed by atoms with E-state index in [0.29, 0.717) is 11.5 Å². The van der Waals surface area contributed by atoms with Crippen molar-refractivity contribution in [1.29, 1.82) is 0 Å². The molecule has 1 aliphatic carbocycles. The second-order valence-corrected chi connectivity index (χ2v) is 24.3. The van der Waals surface area contributed by atoms with Crippen molar-refractivity contribution in [3.8, 4) is 56.4 Å². The maximum atomic E-state index is 6.94. The molecule has 0 spiro atoms. The number of hydrogen-bond acceptors (Lipinski definition) is 4. The fourth-order valence-corrected chi connectivity index (χ4v) is 14.3. The van der Waals surface area contributed by atoms with Crippen LogP contribution in [0, 0.1) is 18.8 Å². The molecule has 17 rings (SSSR count). The first-order chi connectivity index (χ1) is 43.8. The summed E-state index contributed by atoms with van der Waals surface area (Å²) >= 11 is 0. The smallest absolute Gasteiger partial charge is 0.135 e. The minimum Gasteiger partial charge on any atom is -0.509 e. The number of para-hydroxylation sites is 4. The first-order valence-electron chi connectivity index (χ1n) is 30.5. The Bertz CT molecular complexity index is 5120. The zero-order chi connectivity index (χ0) is 59.4. The van der Waals surface area contributed by atoms with E-state index in [-0.39, 0.29) is 26.5 Å². The second kappa shape index (κ2) is 21.7. The summed E-state index contributed by atoms with van der Waals surface area (Å²) in [6, 6.07) is 111. The van der Waals surface area contributed by atoms with Gasteiger partial charge in [-0.25, -0.2) is 4.98 Å². The predicted octanol–water partition coefficient (Wildman–Crippen LogP) is 21.1. The quantitative estimate of drug-likeness (QED) is 0.128. The summed E-state index contributed by atoms with van der Waals surface area (Å²) in [5, 5.41) is 4.59. The normalized spacial score (nSPS) is 13.2. The topological polar surface area (TPSA) is 38.5 Å². The van der Waals surface area contributed by atoms with Crippen molar-refractivity contribution in [1.82, 2.24) is 14.1 Å². The minimum atomic E-state index is -0.626. The van der Waals surface area contributed by atoms with Gasteiger partial charge in [-0.2, -0.15) is 12.1 Å². The standard InChI is InChI=1S/C83H58N5O.Pt/c1-82(2,3)58-46-47-84-80(50-58)88-78-52-61(87-74-38-19-15-34-66(74)67-35-16-20-39-75(67)87)42-44-68(78)69-45-43-63(53-79(69)88)89-62-31-23-30-60(51-62)85-54-86(77-41-22-21-40-76(77)85)81-70(55-24-7-4-8-25-55)48-59(49-71(81)56-26-9-5-10-27-56)83(57-28-11-6-12-29-57)72-36-17-13-32-64(72)65-33-14-18-37-73(65)83;/h4-50,52,54H,1-3H3;/q-3;. The number of ether oxygens (including phenoxy) is 1. The first-order valence-corrected chi connectivity index (χ1v) is 30.5. The summed E-state index contributed by atoms with van der Waals surface area (Å²) in [5.74, 6) is 1.95. The van der Waals surface area contributed by atoms with Crippen LogP contribution in [-0.4, -0.2) is 14.1 Å². The van der Waals surface area contributed by atoms with Crippen LogP contribution in [0.15, 0.2) is 291 Å². The average Bonchev–Trinajstić information content (AvgIpc) is 1.51. The molecule has 0 N–H and O–H groups in total. The molecule has 15 aromatic rings. The fraction of sp³-hybridized carbons (Fsp3) is 0.0602. The Morgan fingerprint density at radius 3 is 1.61 bits per heavy atom. The van der Waals surface area contributed by atoms with Crippen LogP contribution in [0.3, 0.4) is 0 Å². The minimum absolute atomic E-state index is 0. The van der Waals surface area contributed by atoms with Crippen LogP contribution in [0.4, 0.5) is 22.7 Å². The van der Waals surface area contributed by atoms with Crippen molar-refractivity contribution < 1.29 is 25.8 Å². The van der Waals surface area contributed by atoms with Gasteiger partial charge in [0.15, 0.2) is 0 Å². The summed E-state index contributed by atoms with van der Waals surface area (Å²) < 4.78 is 11.6. The summed E-state index contributed by atoms with van der Waals surface area (Å²) in [6.07, 6.45) is 1.93. The number of pyridine rings is 1. The molecule has 7 heteroatoms. The van der Waals surface area contributed by atoms with Gasteiger partial charge in [0.1, 0.15) is 5.82 Å². The monoisotopic (exact) mass is 1340 g/mol. The molecule has 2 aliphatic rings. The van der Waals surface area contributed by atoms with E-state index in [9.17, 15) is 0 Å². The molecule has 0 unspecified atom stereocenters. The van der Waals surface area contributed by atoms with Gasteiger partial charge in [-0.1, -0.05) is 220 Å². The van der Waals surface area contributed by atoms with Crippen molar-refractivity contribution in [3.05, 3.63) is 338 Å². The Kier molecular flexibility index (Phi) is 13.2. The third-order valence-electron chi connectivity index (χ3n) is 18.3. The molecule has 90 heavy (non-hydrogen) atoms. The van der Waals surface area contributed by atoms with Gasteiger partial charge >= 0.3 is 0 Å². The van der Waals surface area contributed by atoms with Gasteiger partial charge in [0.05, 0.1) is 16.4 Å². The van der Waals surface area contributed by atoms with E-state index >= 15 is 0 Å². The molecular formula is C83H58N5OPt-3. The van der Waals surface area contributed by atoms with Crippen molar-refractivity contribution in [2.45, 2.75) is 31.6 Å². The maximum Gasteiger partial charge on any atom is 0.135 e. The molecular weight excluding hydrogens is 1280 g/mol. The zero-order valence-corrected chi connectivity index (χ0v) is 52.0. The van der Waals surface area contributed by atoms with E-state index in [2.05, 4.69) is 325 Å². The zero-order valence-electron chi connectivity index (χ0n) is 49.8. The van der Waals surface area contributed by atoms with Gasteiger partial charge in [0.2, 0.25) is 0 Å². The molecule has 0 bridgehead atoms. The van der Waals surface area contributed by atoms with Gasteiger partial charge in [-0.05, 0) is 122 Å². The van der Waals surface area contributed by atoms with Crippen LogP contribution in [0.5, 0.6) is 11.5 Å². The third kappa shape index (κ3) is 8.68. The summed E-state index contributed by atoms with van der Waals surface area (Å²) in [4.78, 5) is 9.70. The van der Waals surface area contributed by atoms with Crippen molar-refractivity contribution in [2.75, 3.05) is 9.80 Å². The van der Waals surface area contributed by atoms with E-state index in [4.69, 9.17) is 9.72 Å². The molecule has 4 heterocycles.